The fourth-order valence-electron chi connectivity index (χ4n) is 3.52. The summed E-state index contributed by atoms with van der Waals surface area (Å²) < 4.78 is 14.0. The topological polar surface area (TPSA) is 90.5 Å². The van der Waals surface area contributed by atoms with E-state index in [1.807, 2.05) is 18.2 Å². The van der Waals surface area contributed by atoms with Crippen molar-refractivity contribution in [3.8, 4) is 0 Å². The lowest BCUT2D eigenvalue weighted by molar-refractivity contribution is -0.122. The standard InChI is InChI=1S/C24H21FN4O3/c25-20-11-4-5-12-21(20)29-15-16(13-22(29)30)23(31)26-18-9-6-10-19(14-18)28-24(32)27-17-7-2-1-3-8-17/h1-12,14,16H,13,15H2,(H,26,31)(H2,27,28,32)/t16-/m1/s1. The van der Waals surface area contributed by atoms with E-state index in [2.05, 4.69) is 16.0 Å². The summed E-state index contributed by atoms with van der Waals surface area (Å²) in [6, 6.07) is 21.3. The first-order chi connectivity index (χ1) is 15.5. The Bertz CT molecular complexity index is 1150. The maximum atomic E-state index is 14.0. The SMILES string of the molecule is O=C(Nc1ccccc1)Nc1cccc(NC(=O)[C@@H]2CC(=O)N(c3ccccc3F)C2)c1. The molecule has 0 saturated carbocycles. The maximum absolute atomic E-state index is 14.0. The Morgan fingerprint density at radius 2 is 1.44 bits per heavy atom. The Kier molecular flexibility index (Phi) is 6.12. The molecule has 4 amide bonds. The first-order valence-corrected chi connectivity index (χ1v) is 10.1. The Balaban J connectivity index is 1.37. The molecule has 0 radical (unpaired) electrons. The van der Waals surface area contributed by atoms with Gasteiger partial charge in [0.15, 0.2) is 0 Å². The number of urea groups is 1. The summed E-state index contributed by atoms with van der Waals surface area (Å²) in [5.74, 6) is -1.76. The molecule has 0 spiro atoms. The van der Waals surface area contributed by atoms with Crippen molar-refractivity contribution in [2.24, 2.45) is 5.92 Å². The van der Waals surface area contributed by atoms with Gasteiger partial charge in [0.1, 0.15) is 5.82 Å². The van der Waals surface area contributed by atoms with Gasteiger partial charge in [0.05, 0.1) is 11.6 Å². The highest BCUT2D eigenvalue weighted by atomic mass is 19.1. The van der Waals surface area contributed by atoms with Crippen molar-refractivity contribution in [3.63, 3.8) is 0 Å². The molecule has 0 bridgehead atoms. The maximum Gasteiger partial charge on any atom is 0.323 e. The second-order valence-corrected chi connectivity index (χ2v) is 7.37. The lowest BCUT2D eigenvalue weighted by Gasteiger charge is -2.17. The lowest BCUT2D eigenvalue weighted by atomic mass is 10.1. The van der Waals surface area contributed by atoms with Crippen LogP contribution < -0.4 is 20.9 Å². The zero-order valence-electron chi connectivity index (χ0n) is 17.0. The van der Waals surface area contributed by atoms with Crippen LogP contribution in [0.25, 0.3) is 0 Å². The Hall–Kier alpha value is -4.20. The molecule has 1 heterocycles. The molecule has 1 fully saturated rings. The van der Waals surface area contributed by atoms with Crippen molar-refractivity contribution < 1.29 is 18.8 Å². The average Bonchev–Trinajstić information content (AvgIpc) is 3.16. The van der Waals surface area contributed by atoms with E-state index in [0.29, 0.717) is 17.1 Å². The third-order valence-corrected chi connectivity index (χ3v) is 5.06. The van der Waals surface area contributed by atoms with E-state index in [1.165, 1.54) is 17.0 Å². The van der Waals surface area contributed by atoms with E-state index in [-0.39, 0.29) is 30.5 Å². The van der Waals surface area contributed by atoms with Crippen LogP contribution in [-0.4, -0.2) is 24.4 Å². The number of carbonyl (C=O) groups is 3. The molecular formula is C24H21FN4O3. The van der Waals surface area contributed by atoms with Crippen molar-refractivity contribution in [3.05, 3.63) is 84.7 Å². The molecule has 4 rings (SSSR count). The molecule has 32 heavy (non-hydrogen) atoms. The van der Waals surface area contributed by atoms with Gasteiger partial charge in [0, 0.05) is 30.0 Å². The van der Waals surface area contributed by atoms with Gasteiger partial charge >= 0.3 is 6.03 Å². The lowest BCUT2D eigenvalue weighted by Crippen LogP contribution is -2.28. The minimum Gasteiger partial charge on any atom is -0.326 e. The number of halogens is 1. The zero-order valence-corrected chi connectivity index (χ0v) is 17.0. The number of amides is 4. The van der Waals surface area contributed by atoms with E-state index < -0.39 is 17.8 Å². The normalized spacial score (nSPS) is 15.3. The number of hydrogen-bond donors (Lipinski definition) is 3. The third-order valence-electron chi connectivity index (χ3n) is 5.06. The van der Waals surface area contributed by atoms with Crippen LogP contribution in [0.5, 0.6) is 0 Å². The summed E-state index contributed by atoms with van der Waals surface area (Å²) >= 11 is 0. The number of para-hydroxylation sites is 2. The molecule has 162 valence electrons. The highest BCUT2D eigenvalue weighted by molar-refractivity contribution is 6.04. The first kappa shape index (κ1) is 21.0. The van der Waals surface area contributed by atoms with E-state index in [4.69, 9.17) is 0 Å². The third kappa shape index (κ3) is 4.92. The van der Waals surface area contributed by atoms with Crippen molar-refractivity contribution in [1.82, 2.24) is 0 Å². The molecule has 0 aromatic heterocycles. The van der Waals surface area contributed by atoms with Crippen LogP contribution in [0.2, 0.25) is 0 Å². The van der Waals surface area contributed by atoms with Crippen LogP contribution >= 0.6 is 0 Å². The Morgan fingerprint density at radius 3 is 2.19 bits per heavy atom. The summed E-state index contributed by atoms with van der Waals surface area (Å²) in [6.07, 6.45) is -0.00239. The number of hydrogen-bond acceptors (Lipinski definition) is 3. The highest BCUT2D eigenvalue weighted by Gasteiger charge is 2.36. The predicted molar refractivity (Wildman–Crippen MR) is 121 cm³/mol. The van der Waals surface area contributed by atoms with Gasteiger partial charge in [-0.1, -0.05) is 36.4 Å². The summed E-state index contributed by atoms with van der Waals surface area (Å²) in [6.45, 7) is 0.100. The first-order valence-electron chi connectivity index (χ1n) is 10.1. The van der Waals surface area contributed by atoms with Crippen LogP contribution in [0.3, 0.4) is 0 Å². The second kappa shape index (κ2) is 9.30. The van der Waals surface area contributed by atoms with Gasteiger partial charge in [-0.2, -0.15) is 0 Å². The largest absolute Gasteiger partial charge is 0.326 e. The van der Waals surface area contributed by atoms with E-state index in [9.17, 15) is 18.8 Å². The molecule has 0 aliphatic carbocycles. The van der Waals surface area contributed by atoms with Gasteiger partial charge < -0.3 is 20.9 Å². The molecule has 1 atom stereocenters. The van der Waals surface area contributed by atoms with Gasteiger partial charge in [-0.25, -0.2) is 9.18 Å². The number of carbonyl (C=O) groups excluding carboxylic acids is 3. The fourth-order valence-corrected chi connectivity index (χ4v) is 3.52. The van der Waals surface area contributed by atoms with Gasteiger partial charge in [-0.3, -0.25) is 9.59 Å². The highest BCUT2D eigenvalue weighted by Crippen LogP contribution is 2.28. The number of benzene rings is 3. The molecule has 3 aromatic rings. The van der Waals surface area contributed by atoms with E-state index in [1.54, 1.807) is 48.5 Å². The van der Waals surface area contributed by atoms with Crippen molar-refractivity contribution in [2.75, 3.05) is 27.4 Å². The number of rotatable bonds is 5. The zero-order chi connectivity index (χ0) is 22.5. The minimum absolute atomic E-state index is 0.00239. The quantitative estimate of drug-likeness (QED) is 0.556. The van der Waals surface area contributed by atoms with Crippen LogP contribution in [0.15, 0.2) is 78.9 Å². The summed E-state index contributed by atoms with van der Waals surface area (Å²) in [7, 11) is 0. The molecule has 1 aliphatic rings. The Morgan fingerprint density at radius 1 is 0.812 bits per heavy atom. The molecular weight excluding hydrogens is 411 g/mol. The van der Waals surface area contributed by atoms with Gasteiger partial charge in [-0.15, -0.1) is 0 Å². The summed E-state index contributed by atoms with van der Waals surface area (Å²) in [5.41, 5.74) is 1.79. The molecule has 8 heteroatoms. The monoisotopic (exact) mass is 432 g/mol. The number of nitrogens with one attached hydrogen (secondary N) is 3. The smallest absolute Gasteiger partial charge is 0.323 e. The van der Waals surface area contributed by atoms with Crippen molar-refractivity contribution in [2.45, 2.75) is 6.42 Å². The fraction of sp³-hybridized carbons (Fsp3) is 0.125. The van der Waals surface area contributed by atoms with Crippen molar-refractivity contribution in [1.29, 1.82) is 0 Å². The average molecular weight is 432 g/mol. The molecule has 1 aliphatic heterocycles. The molecule has 3 N–H and O–H groups in total. The van der Waals surface area contributed by atoms with Gasteiger partial charge in [-0.05, 0) is 42.5 Å². The van der Waals surface area contributed by atoms with Crippen molar-refractivity contribution >= 4 is 40.6 Å². The minimum atomic E-state index is -0.611. The van der Waals surface area contributed by atoms with Gasteiger partial charge in [0.25, 0.3) is 0 Å². The molecule has 1 saturated heterocycles. The Labute approximate surface area is 184 Å². The van der Waals surface area contributed by atoms with Crippen LogP contribution in [0.1, 0.15) is 6.42 Å². The predicted octanol–water partition coefficient (Wildman–Crippen LogP) is 4.46. The van der Waals surface area contributed by atoms with Gasteiger partial charge in [0.2, 0.25) is 11.8 Å². The second-order valence-electron chi connectivity index (χ2n) is 7.37. The molecule has 0 unspecified atom stereocenters. The number of nitrogens with zero attached hydrogens (tertiary/aromatic N) is 1. The summed E-state index contributed by atoms with van der Waals surface area (Å²) in [4.78, 5) is 38.5. The van der Waals surface area contributed by atoms with Crippen LogP contribution in [-0.2, 0) is 9.59 Å². The van der Waals surface area contributed by atoms with E-state index >= 15 is 0 Å². The van der Waals surface area contributed by atoms with E-state index in [0.717, 1.165) is 0 Å². The van der Waals surface area contributed by atoms with Crippen LogP contribution in [0.4, 0.5) is 31.9 Å². The van der Waals surface area contributed by atoms with Crippen LogP contribution in [0, 0.1) is 11.7 Å². The number of anilines is 4. The molecule has 7 nitrogen and oxygen atoms in total. The summed E-state index contributed by atoms with van der Waals surface area (Å²) in [5, 5.41) is 8.20. The molecule has 3 aromatic carbocycles.